The molecule has 4 nitrogen and oxygen atoms in total. The molecule has 33 heavy (non-hydrogen) atoms. The van der Waals surface area contributed by atoms with Gasteiger partial charge in [-0.3, -0.25) is 9.59 Å². The van der Waals surface area contributed by atoms with Gasteiger partial charge in [0.25, 0.3) is 0 Å². The van der Waals surface area contributed by atoms with Crippen LogP contribution in [0.1, 0.15) is 48.3 Å². The summed E-state index contributed by atoms with van der Waals surface area (Å²) in [5.41, 5.74) is -6.07. The average Bonchev–Trinajstić information content (AvgIpc) is 3.20. The Morgan fingerprint density at radius 3 is 2.12 bits per heavy atom. The number of amides is 2. The SMILES string of the molecule is O=CN1CCC(C(=O)N2CC[C@H]3c4ccc(C(F)(C(F)(F)F)C(F)(F)F)cc4CCC32)CC1. The third-order valence-electron chi connectivity index (χ3n) is 7.29. The first-order valence-electron chi connectivity index (χ1n) is 10.8. The van der Waals surface area contributed by atoms with Gasteiger partial charge in [-0.05, 0) is 43.2 Å². The lowest BCUT2D eigenvalue weighted by Crippen LogP contribution is -2.50. The summed E-state index contributed by atoms with van der Waals surface area (Å²) < 4.78 is 93.3. The molecule has 2 saturated heterocycles. The molecule has 182 valence electrons. The number of fused-ring (bicyclic) bond motifs is 3. The van der Waals surface area contributed by atoms with Gasteiger partial charge in [0, 0.05) is 43.1 Å². The number of carbonyl (C=O) groups is 2. The molecule has 1 aromatic carbocycles. The smallest absolute Gasteiger partial charge is 0.345 e. The molecular weight excluding hydrogens is 457 g/mol. The van der Waals surface area contributed by atoms with Gasteiger partial charge in [0.2, 0.25) is 12.3 Å². The van der Waals surface area contributed by atoms with Crippen molar-refractivity contribution in [3.63, 3.8) is 0 Å². The minimum Gasteiger partial charge on any atom is -0.345 e. The number of nitrogens with zero attached hydrogens (tertiary/aromatic N) is 2. The molecule has 2 amide bonds. The van der Waals surface area contributed by atoms with Crippen LogP contribution in [0.25, 0.3) is 0 Å². The van der Waals surface area contributed by atoms with Crippen LogP contribution in [0.5, 0.6) is 0 Å². The lowest BCUT2D eigenvalue weighted by atomic mass is 9.77. The van der Waals surface area contributed by atoms with E-state index in [1.54, 1.807) is 9.80 Å². The molecule has 1 unspecified atom stereocenters. The van der Waals surface area contributed by atoms with Gasteiger partial charge in [-0.2, -0.15) is 26.3 Å². The highest BCUT2D eigenvalue weighted by atomic mass is 19.4. The van der Waals surface area contributed by atoms with Crippen LogP contribution < -0.4 is 0 Å². The number of halogens is 7. The van der Waals surface area contributed by atoms with Gasteiger partial charge in [0.1, 0.15) is 0 Å². The van der Waals surface area contributed by atoms with E-state index in [0.29, 0.717) is 63.0 Å². The van der Waals surface area contributed by atoms with Crippen molar-refractivity contribution in [3.05, 3.63) is 34.9 Å². The number of benzene rings is 1. The van der Waals surface area contributed by atoms with E-state index in [0.717, 1.165) is 12.5 Å². The highest BCUT2D eigenvalue weighted by Crippen LogP contribution is 2.54. The fraction of sp³-hybridized carbons (Fsp3) is 0.636. The zero-order valence-electron chi connectivity index (χ0n) is 17.6. The maximum atomic E-state index is 14.5. The topological polar surface area (TPSA) is 40.6 Å². The summed E-state index contributed by atoms with van der Waals surface area (Å²) in [6, 6.07) is 2.22. The molecule has 1 aromatic rings. The van der Waals surface area contributed by atoms with Gasteiger partial charge in [0.05, 0.1) is 0 Å². The first-order valence-corrected chi connectivity index (χ1v) is 10.8. The predicted molar refractivity (Wildman–Crippen MR) is 103 cm³/mol. The largest absolute Gasteiger partial charge is 0.435 e. The van der Waals surface area contributed by atoms with Gasteiger partial charge in [-0.25, -0.2) is 4.39 Å². The first kappa shape index (κ1) is 23.8. The quantitative estimate of drug-likeness (QED) is 0.473. The number of alkyl halides is 7. The molecule has 0 radical (unpaired) electrons. The van der Waals surface area contributed by atoms with Crippen LogP contribution in [0.4, 0.5) is 30.7 Å². The molecule has 2 fully saturated rings. The first-order chi connectivity index (χ1) is 15.4. The molecule has 0 saturated carbocycles. The van der Waals surface area contributed by atoms with Crippen molar-refractivity contribution in [1.29, 1.82) is 0 Å². The van der Waals surface area contributed by atoms with Gasteiger partial charge < -0.3 is 9.80 Å². The molecule has 2 atom stereocenters. The molecule has 0 aromatic heterocycles. The Hall–Kier alpha value is -2.33. The molecule has 11 heteroatoms. The second-order valence-electron chi connectivity index (χ2n) is 9.02. The van der Waals surface area contributed by atoms with Crippen molar-refractivity contribution in [1.82, 2.24) is 9.80 Å². The Balaban J connectivity index is 1.56. The zero-order chi connectivity index (χ0) is 24.2. The summed E-state index contributed by atoms with van der Waals surface area (Å²) in [6.45, 7) is 1.44. The Labute approximate surface area is 185 Å². The fourth-order valence-corrected chi connectivity index (χ4v) is 5.52. The van der Waals surface area contributed by atoms with Crippen LogP contribution in [0.2, 0.25) is 0 Å². The number of likely N-dealkylation sites (tertiary alicyclic amines) is 2. The van der Waals surface area contributed by atoms with E-state index >= 15 is 0 Å². The minimum atomic E-state index is -6.15. The normalized spacial score (nSPS) is 24.5. The highest BCUT2D eigenvalue weighted by molar-refractivity contribution is 5.80. The number of aryl methyl sites for hydroxylation is 1. The van der Waals surface area contributed by atoms with Crippen LogP contribution in [-0.2, 0) is 21.7 Å². The van der Waals surface area contributed by atoms with Gasteiger partial charge in [0.15, 0.2) is 0 Å². The molecule has 1 aliphatic carbocycles. The summed E-state index contributed by atoms with van der Waals surface area (Å²) in [5, 5.41) is 0. The molecule has 2 heterocycles. The molecule has 0 bridgehead atoms. The van der Waals surface area contributed by atoms with Crippen molar-refractivity contribution >= 4 is 12.3 Å². The number of carbonyl (C=O) groups excluding carboxylic acids is 2. The third kappa shape index (κ3) is 3.86. The Morgan fingerprint density at radius 2 is 1.55 bits per heavy atom. The van der Waals surface area contributed by atoms with E-state index in [1.165, 1.54) is 0 Å². The molecule has 0 N–H and O–H groups in total. The maximum absolute atomic E-state index is 14.5. The molecule has 2 aliphatic heterocycles. The van der Waals surface area contributed by atoms with Crippen molar-refractivity contribution in [3.8, 4) is 0 Å². The van der Waals surface area contributed by atoms with Crippen LogP contribution in [0.3, 0.4) is 0 Å². The Kier molecular flexibility index (Phi) is 5.89. The number of piperidine rings is 1. The van der Waals surface area contributed by atoms with Gasteiger partial charge >= 0.3 is 18.0 Å². The Morgan fingerprint density at radius 1 is 0.909 bits per heavy atom. The van der Waals surface area contributed by atoms with Gasteiger partial charge in [-0.15, -0.1) is 0 Å². The number of hydrogen-bond donors (Lipinski definition) is 0. The number of hydrogen-bond acceptors (Lipinski definition) is 2. The van der Waals surface area contributed by atoms with E-state index < -0.39 is 23.6 Å². The Bertz CT molecular complexity index is 908. The minimum absolute atomic E-state index is 0.0231. The summed E-state index contributed by atoms with van der Waals surface area (Å²) in [5.74, 6) is -0.452. The van der Waals surface area contributed by atoms with E-state index in [9.17, 15) is 40.3 Å². The molecule has 4 rings (SSSR count). The van der Waals surface area contributed by atoms with Crippen LogP contribution in [0.15, 0.2) is 18.2 Å². The molecule has 3 aliphatic rings. The van der Waals surface area contributed by atoms with Crippen LogP contribution >= 0.6 is 0 Å². The monoisotopic (exact) mass is 480 g/mol. The van der Waals surface area contributed by atoms with Crippen LogP contribution in [0, 0.1) is 5.92 Å². The standard InChI is InChI=1S/C22H23F7N2O2/c23-20(21(24,25)26,22(27,28)29)15-2-3-16-14(11-15)1-4-18-17(16)7-10-31(18)19(33)13-5-8-30(12-32)9-6-13/h2-3,11-13,17-18H,1,4-10H2/t17-,18?/m0/s1. The summed E-state index contributed by atoms with van der Waals surface area (Å²) in [6.07, 6.45) is -9.35. The fourth-order valence-electron chi connectivity index (χ4n) is 5.52. The highest BCUT2D eigenvalue weighted by Gasteiger charge is 2.73. The van der Waals surface area contributed by atoms with Crippen molar-refractivity contribution < 1.29 is 40.3 Å². The van der Waals surface area contributed by atoms with Crippen LogP contribution in [-0.4, -0.2) is 60.1 Å². The summed E-state index contributed by atoms with van der Waals surface area (Å²) >= 11 is 0. The molecule has 0 spiro atoms. The zero-order valence-corrected chi connectivity index (χ0v) is 17.6. The predicted octanol–water partition coefficient (Wildman–Crippen LogP) is 4.48. The number of rotatable bonds is 3. The van der Waals surface area contributed by atoms with Crippen molar-refractivity contribution in [2.75, 3.05) is 19.6 Å². The lowest BCUT2D eigenvalue weighted by molar-refractivity contribution is -0.348. The van der Waals surface area contributed by atoms with E-state index in [2.05, 4.69) is 0 Å². The van der Waals surface area contributed by atoms with Crippen molar-refractivity contribution in [2.45, 2.75) is 62.1 Å². The van der Waals surface area contributed by atoms with Gasteiger partial charge in [-0.1, -0.05) is 18.2 Å². The second kappa shape index (κ2) is 8.16. The summed E-state index contributed by atoms with van der Waals surface area (Å²) in [4.78, 5) is 27.3. The lowest BCUT2D eigenvalue weighted by Gasteiger charge is -2.37. The summed E-state index contributed by atoms with van der Waals surface area (Å²) in [7, 11) is 0. The third-order valence-corrected chi connectivity index (χ3v) is 7.29. The maximum Gasteiger partial charge on any atom is 0.435 e. The van der Waals surface area contributed by atoms with E-state index in [1.807, 2.05) is 0 Å². The van der Waals surface area contributed by atoms with E-state index in [-0.39, 0.29) is 35.8 Å². The average molecular weight is 480 g/mol. The van der Waals surface area contributed by atoms with E-state index in [4.69, 9.17) is 0 Å². The van der Waals surface area contributed by atoms with Crippen molar-refractivity contribution in [2.24, 2.45) is 5.92 Å². The second-order valence-corrected chi connectivity index (χ2v) is 9.02. The molecular formula is C22H23F7N2O2.